The van der Waals surface area contributed by atoms with Crippen LogP contribution in [0.2, 0.25) is 5.02 Å². The zero-order valence-electron chi connectivity index (χ0n) is 9.61. The first kappa shape index (κ1) is 13.4. The maximum Gasteiger partial charge on any atom is 0.0742 e. The molecule has 0 amide bonds. The van der Waals surface area contributed by atoms with Crippen LogP contribution in [0.1, 0.15) is 18.9 Å². The Balaban J connectivity index is 2.60. The van der Waals surface area contributed by atoms with E-state index in [1.54, 1.807) is 0 Å². The van der Waals surface area contributed by atoms with E-state index in [-0.39, 0.29) is 0 Å². The molecule has 0 aliphatic rings. The van der Waals surface area contributed by atoms with E-state index in [0.717, 1.165) is 23.6 Å². The summed E-state index contributed by atoms with van der Waals surface area (Å²) in [5.41, 5.74) is 6.66. The van der Waals surface area contributed by atoms with E-state index < -0.39 is 0 Å². The van der Waals surface area contributed by atoms with Gasteiger partial charge in [0.2, 0.25) is 0 Å². The number of hydrogen-bond acceptors (Lipinski definition) is 2. The fraction of sp³-hybridized carbons (Fsp3) is 0.417. The molecule has 0 heterocycles. The molecule has 0 aliphatic heterocycles. The third-order valence-corrected chi connectivity index (χ3v) is 3.16. The van der Waals surface area contributed by atoms with Gasteiger partial charge < -0.3 is 5.73 Å². The Bertz CT molecular complexity index is 368. The van der Waals surface area contributed by atoms with Gasteiger partial charge >= 0.3 is 0 Å². The van der Waals surface area contributed by atoms with E-state index in [0.29, 0.717) is 11.0 Å². The third-order valence-electron chi connectivity index (χ3n) is 2.63. The molecule has 88 valence electrons. The Labute approximate surface area is 107 Å². The quantitative estimate of drug-likeness (QED) is 0.822. The second-order valence-corrected chi connectivity index (χ2v) is 4.96. The zero-order valence-corrected chi connectivity index (χ0v) is 11.2. The molecule has 2 nitrogen and oxygen atoms in total. The van der Waals surface area contributed by atoms with Crippen molar-refractivity contribution in [2.24, 2.45) is 5.73 Å². The van der Waals surface area contributed by atoms with Crippen molar-refractivity contribution < 1.29 is 0 Å². The summed E-state index contributed by atoms with van der Waals surface area (Å²) in [6, 6.07) is 8.20. The highest BCUT2D eigenvalue weighted by molar-refractivity contribution is 7.80. The van der Waals surface area contributed by atoms with E-state index in [9.17, 15) is 0 Å². The molecule has 0 saturated heterocycles. The second kappa shape index (κ2) is 6.18. The van der Waals surface area contributed by atoms with Crippen LogP contribution in [0.15, 0.2) is 24.3 Å². The van der Waals surface area contributed by atoms with E-state index in [1.807, 2.05) is 31.3 Å². The van der Waals surface area contributed by atoms with Gasteiger partial charge in [-0.1, -0.05) is 42.0 Å². The highest BCUT2D eigenvalue weighted by atomic mass is 35.5. The van der Waals surface area contributed by atoms with Crippen molar-refractivity contribution in [3.05, 3.63) is 34.9 Å². The smallest absolute Gasteiger partial charge is 0.0742 e. The molecule has 0 saturated carbocycles. The molecular formula is C12H17ClN2S. The van der Waals surface area contributed by atoms with E-state index in [4.69, 9.17) is 29.6 Å². The van der Waals surface area contributed by atoms with Gasteiger partial charge in [-0.15, -0.1) is 0 Å². The van der Waals surface area contributed by atoms with Gasteiger partial charge in [-0.2, -0.15) is 0 Å². The van der Waals surface area contributed by atoms with Crippen molar-refractivity contribution in [2.45, 2.75) is 25.9 Å². The average Bonchev–Trinajstić information content (AvgIpc) is 2.20. The van der Waals surface area contributed by atoms with Crippen LogP contribution in [0.25, 0.3) is 0 Å². The van der Waals surface area contributed by atoms with Gasteiger partial charge in [0.05, 0.1) is 4.99 Å². The van der Waals surface area contributed by atoms with Crippen molar-refractivity contribution in [2.75, 3.05) is 7.05 Å². The molecule has 2 N–H and O–H groups in total. The second-order valence-electron chi connectivity index (χ2n) is 4.03. The first-order valence-corrected chi connectivity index (χ1v) is 6.01. The minimum absolute atomic E-state index is 0.328. The number of halogens is 1. The summed E-state index contributed by atoms with van der Waals surface area (Å²) in [7, 11) is 2.05. The van der Waals surface area contributed by atoms with Gasteiger partial charge in [0.15, 0.2) is 0 Å². The zero-order chi connectivity index (χ0) is 12.1. The molecule has 0 fully saturated rings. The van der Waals surface area contributed by atoms with Crippen LogP contribution in [0, 0.1) is 0 Å². The van der Waals surface area contributed by atoms with Crippen molar-refractivity contribution in [1.82, 2.24) is 4.90 Å². The minimum atomic E-state index is 0.328. The lowest BCUT2D eigenvalue weighted by Gasteiger charge is -2.24. The van der Waals surface area contributed by atoms with Crippen molar-refractivity contribution in [1.29, 1.82) is 0 Å². The third kappa shape index (κ3) is 4.08. The standard InChI is InChI=1S/C12H17ClN2S/c1-9(7-12(14)16)15(2)8-10-5-3-4-6-11(10)13/h3-6,9H,7-8H2,1-2H3,(H2,14,16). The fourth-order valence-electron chi connectivity index (χ4n) is 1.50. The molecule has 1 atom stereocenters. The molecular weight excluding hydrogens is 240 g/mol. The fourth-order valence-corrected chi connectivity index (χ4v) is 1.93. The molecule has 1 unspecified atom stereocenters. The van der Waals surface area contributed by atoms with Crippen molar-refractivity contribution in [3.8, 4) is 0 Å². The first-order valence-electron chi connectivity index (χ1n) is 5.22. The Morgan fingerprint density at radius 3 is 2.69 bits per heavy atom. The summed E-state index contributed by atoms with van der Waals surface area (Å²) in [6.07, 6.45) is 0.732. The average molecular weight is 257 g/mol. The van der Waals surface area contributed by atoms with Crippen LogP contribution in [0.5, 0.6) is 0 Å². The summed E-state index contributed by atoms with van der Waals surface area (Å²) in [4.78, 5) is 2.75. The van der Waals surface area contributed by atoms with E-state index in [1.165, 1.54) is 0 Å². The molecule has 1 aromatic rings. The van der Waals surface area contributed by atoms with Gasteiger partial charge in [0.25, 0.3) is 0 Å². The van der Waals surface area contributed by atoms with Crippen LogP contribution in [0.4, 0.5) is 0 Å². The van der Waals surface area contributed by atoms with Crippen LogP contribution < -0.4 is 5.73 Å². The number of hydrogen-bond donors (Lipinski definition) is 1. The topological polar surface area (TPSA) is 29.3 Å². The molecule has 1 aromatic carbocycles. The molecule has 0 bridgehead atoms. The maximum atomic E-state index is 6.10. The Morgan fingerprint density at radius 2 is 2.12 bits per heavy atom. The highest BCUT2D eigenvalue weighted by Gasteiger charge is 2.11. The monoisotopic (exact) mass is 256 g/mol. The lowest BCUT2D eigenvalue weighted by atomic mass is 10.1. The predicted octanol–water partition coefficient (Wildman–Crippen LogP) is 2.84. The number of nitrogens with two attached hydrogens (primary N) is 1. The highest BCUT2D eigenvalue weighted by Crippen LogP contribution is 2.17. The number of thiocarbonyl (C=S) groups is 1. The largest absolute Gasteiger partial charge is 0.393 e. The van der Waals surface area contributed by atoms with Gasteiger partial charge in [0, 0.05) is 24.0 Å². The molecule has 0 spiro atoms. The normalized spacial score (nSPS) is 12.8. The number of rotatable bonds is 5. The van der Waals surface area contributed by atoms with Gasteiger partial charge in [-0.25, -0.2) is 0 Å². The lowest BCUT2D eigenvalue weighted by molar-refractivity contribution is 0.255. The van der Waals surface area contributed by atoms with Crippen LogP contribution >= 0.6 is 23.8 Å². The summed E-state index contributed by atoms with van der Waals surface area (Å²) < 4.78 is 0. The Hall–Kier alpha value is -0.640. The first-order chi connectivity index (χ1) is 7.50. The lowest BCUT2D eigenvalue weighted by Crippen LogP contribution is -2.32. The van der Waals surface area contributed by atoms with E-state index >= 15 is 0 Å². The van der Waals surface area contributed by atoms with Gasteiger partial charge in [-0.3, -0.25) is 4.90 Å². The number of nitrogens with zero attached hydrogens (tertiary/aromatic N) is 1. The predicted molar refractivity (Wildman–Crippen MR) is 73.8 cm³/mol. The maximum absolute atomic E-state index is 6.10. The Morgan fingerprint density at radius 1 is 1.50 bits per heavy atom. The molecule has 0 radical (unpaired) electrons. The molecule has 1 rings (SSSR count). The Kier molecular flexibility index (Phi) is 5.19. The molecule has 16 heavy (non-hydrogen) atoms. The van der Waals surface area contributed by atoms with Crippen LogP contribution in [-0.4, -0.2) is 23.0 Å². The van der Waals surface area contributed by atoms with Crippen LogP contribution in [0.3, 0.4) is 0 Å². The summed E-state index contributed by atoms with van der Waals surface area (Å²) in [5.74, 6) is 0. The van der Waals surface area contributed by atoms with Crippen molar-refractivity contribution in [3.63, 3.8) is 0 Å². The van der Waals surface area contributed by atoms with Crippen molar-refractivity contribution >= 4 is 28.8 Å². The summed E-state index contributed by atoms with van der Waals surface area (Å²) >= 11 is 11.0. The summed E-state index contributed by atoms with van der Waals surface area (Å²) in [6.45, 7) is 2.92. The number of benzene rings is 1. The molecule has 4 heteroatoms. The SMILES string of the molecule is CC(CC(N)=S)N(C)Cc1ccccc1Cl. The van der Waals surface area contributed by atoms with Crippen LogP contribution in [-0.2, 0) is 6.54 Å². The van der Waals surface area contributed by atoms with E-state index in [2.05, 4.69) is 11.8 Å². The van der Waals surface area contributed by atoms with Gasteiger partial charge in [0.1, 0.15) is 0 Å². The molecule has 0 aliphatic carbocycles. The van der Waals surface area contributed by atoms with Gasteiger partial charge in [-0.05, 0) is 25.6 Å². The minimum Gasteiger partial charge on any atom is -0.393 e. The summed E-state index contributed by atoms with van der Waals surface area (Å²) in [5, 5.41) is 0.803. The molecule has 0 aromatic heterocycles.